The summed E-state index contributed by atoms with van der Waals surface area (Å²) in [6, 6.07) is 6.21. The Morgan fingerprint density at radius 3 is 2.64 bits per heavy atom. The Morgan fingerprint density at radius 1 is 1.28 bits per heavy atom. The molecular formula is C18H24N4O2S. The Bertz CT molecular complexity index is 735. The van der Waals surface area contributed by atoms with Crippen LogP contribution in [0.25, 0.3) is 0 Å². The second kappa shape index (κ2) is 7.91. The van der Waals surface area contributed by atoms with Gasteiger partial charge in [0.25, 0.3) is 0 Å². The number of carbonyl (C=O) groups excluding carboxylic acids is 1. The highest BCUT2D eigenvalue weighted by atomic mass is 32.2. The van der Waals surface area contributed by atoms with Gasteiger partial charge in [-0.3, -0.25) is 4.79 Å². The molecule has 1 saturated carbocycles. The third-order valence-corrected chi connectivity index (χ3v) is 4.98. The van der Waals surface area contributed by atoms with Crippen LogP contribution in [0.2, 0.25) is 0 Å². The number of benzene rings is 1. The number of thioether (sulfide) groups is 1. The van der Waals surface area contributed by atoms with Gasteiger partial charge in [-0.05, 0) is 49.9 Å². The van der Waals surface area contributed by atoms with Crippen molar-refractivity contribution in [3.05, 3.63) is 35.2 Å². The lowest BCUT2D eigenvalue weighted by Crippen LogP contribution is -2.15. The molecule has 1 aliphatic carbocycles. The molecule has 0 spiro atoms. The van der Waals surface area contributed by atoms with Crippen LogP contribution in [0.4, 0.5) is 0 Å². The Balaban J connectivity index is 1.56. The van der Waals surface area contributed by atoms with Gasteiger partial charge in [0.05, 0.1) is 6.61 Å². The summed E-state index contributed by atoms with van der Waals surface area (Å²) in [6.07, 6.45) is 2.61. The molecule has 2 N–H and O–H groups in total. The van der Waals surface area contributed by atoms with Crippen molar-refractivity contribution in [2.45, 2.75) is 50.7 Å². The van der Waals surface area contributed by atoms with Crippen molar-refractivity contribution in [3.8, 4) is 5.75 Å². The van der Waals surface area contributed by atoms with Gasteiger partial charge in [0.2, 0.25) is 5.91 Å². The largest absolute Gasteiger partial charge is 0.493 e. The zero-order valence-electron chi connectivity index (χ0n) is 14.7. The van der Waals surface area contributed by atoms with Crippen LogP contribution in [0.1, 0.15) is 42.1 Å². The van der Waals surface area contributed by atoms with Crippen molar-refractivity contribution in [3.63, 3.8) is 0 Å². The number of rotatable bonds is 9. The minimum absolute atomic E-state index is 0.301. The standard InChI is InChI=1S/C18H24N4O2S/c1-12-9-13(2)11-15(10-12)24-7-8-25-18-21-20-17(14-3-4-14)22(18)6-5-16(19)23/h9-11,14H,3-8H2,1-2H3,(H2,19,23). The molecular weight excluding hydrogens is 336 g/mol. The summed E-state index contributed by atoms with van der Waals surface area (Å²) in [5.74, 6) is 2.84. The quantitative estimate of drug-likeness (QED) is 0.549. The molecule has 1 amide bonds. The van der Waals surface area contributed by atoms with E-state index >= 15 is 0 Å². The third-order valence-electron chi connectivity index (χ3n) is 4.05. The van der Waals surface area contributed by atoms with Crippen molar-refractivity contribution in [2.75, 3.05) is 12.4 Å². The molecule has 1 aromatic heterocycles. The molecule has 134 valence electrons. The van der Waals surface area contributed by atoms with E-state index in [0.717, 1.165) is 35.3 Å². The minimum atomic E-state index is -0.301. The number of nitrogens with zero attached hydrogens (tertiary/aromatic N) is 3. The molecule has 0 unspecified atom stereocenters. The minimum Gasteiger partial charge on any atom is -0.493 e. The number of nitrogens with two attached hydrogens (primary N) is 1. The van der Waals surface area contributed by atoms with Crippen LogP contribution in [0.5, 0.6) is 5.75 Å². The molecule has 1 fully saturated rings. The fourth-order valence-corrected chi connectivity index (χ4v) is 3.58. The Morgan fingerprint density at radius 2 is 2.00 bits per heavy atom. The maximum atomic E-state index is 11.1. The number of carbonyl (C=O) groups is 1. The van der Waals surface area contributed by atoms with Crippen LogP contribution in [0.15, 0.2) is 23.4 Å². The van der Waals surface area contributed by atoms with E-state index in [-0.39, 0.29) is 5.91 Å². The highest BCUT2D eigenvalue weighted by molar-refractivity contribution is 7.99. The van der Waals surface area contributed by atoms with Crippen LogP contribution < -0.4 is 10.5 Å². The highest BCUT2D eigenvalue weighted by Gasteiger charge is 2.30. The number of ether oxygens (including phenoxy) is 1. The normalized spacial score (nSPS) is 13.8. The maximum Gasteiger partial charge on any atom is 0.219 e. The van der Waals surface area contributed by atoms with Crippen molar-refractivity contribution in [2.24, 2.45) is 5.73 Å². The molecule has 7 heteroatoms. The molecule has 6 nitrogen and oxygen atoms in total. The topological polar surface area (TPSA) is 83.0 Å². The Labute approximate surface area is 152 Å². The van der Waals surface area contributed by atoms with E-state index < -0.39 is 0 Å². The van der Waals surface area contributed by atoms with Gasteiger partial charge in [-0.15, -0.1) is 10.2 Å². The van der Waals surface area contributed by atoms with E-state index in [0.29, 0.717) is 25.5 Å². The first-order chi connectivity index (χ1) is 12.0. The lowest BCUT2D eigenvalue weighted by atomic mass is 10.1. The number of aromatic nitrogens is 3. The zero-order valence-corrected chi connectivity index (χ0v) is 15.5. The molecule has 0 bridgehead atoms. The fraction of sp³-hybridized carbons (Fsp3) is 0.500. The van der Waals surface area contributed by atoms with Gasteiger partial charge in [0, 0.05) is 24.6 Å². The molecule has 3 rings (SSSR count). The van der Waals surface area contributed by atoms with Crippen LogP contribution in [-0.4, -0.2) is 33.0 Å². The van der Waals surface area contributed by atoms with Gasteiger partial charge in [0.1, 0.15) is 11.6 Å². The lowest BCUT2D eigenvalue weighted by Gasteiger charge is -2.10. The van der Waals surface area contributed by atoms with Crippen LogP contribution in [0, 0.1) is 13.8 Å². The Hall–Kier alpha value is -2.02. The predicted molar refractivity (Wildman–Crippen MR) is 97.9 cm³/mol. The summed E-state index contributed by atoms with van der Waals surface area (Å²) >= 11 is 1.60. The van der Waals surface area contributed by atoms with E-state index in [1.54, 1.807) is 11.8 Å². The van der Waals surface area contributed by atoms with E-state index in [4.69, 9.17) is 10.5 Å². The Kier molecular flexibility index (Phi) is 5.63. The average molecular weight is 360 g/mol. The van der Waals surface area contributed by atoms with Crippen molar-refractivity contribution >= 4 is 17.7 Å². The smallest absolute Gasteiger partial charge is 0.219 e. The summed E-state index contributed by atoms with van der Waals surface area (Å²) < 4.78 is 7.89. The molecule has 0 saturated heterocycles. The third kappa shape index (κ3) is 4.98. The number of aryl methyl sites for hydroxylation is 2. The van der Waals surface area contributed by atoms with E-state index in [2.05, 4.69) is 30.1 Å². The first-order valence-corrected chi connectivity index (χ1v) is 9.57. The molecule has 1 heterocycles. The monoisotopic (exact) mass is 360 g/mol. The second-order valence-electron chi connectivity index (χ2n) is 6.50. The number of amides is 1. The van der Waals surface area contributed by atoms with Crippen LogP contribution in [-0.2, 0) is 11.3 Å². The van der Waals surface area contributed by atoms with Crippen LogP contribution in [0.3, 0.4) is 0 Å². The molecule has 0 atom stereocenters. The van der Waals surface area contributed by atoms with Crippen molar-refractivity contribution in [1.29, 1.82) is 0 Å². The molecule has 0 radical (unpaired) electrons. The van der Waals surface area contributed by atoms with Gasteiger partial charge in [0.15, 0.2) is 5.16 Å². The molecule has 2 aromatic rings. The van der Waals surface area contributed by atoms with Crippen LogP contribution >= 0.6 is 11.8 Å². The zero-order chi connectivity index (χ0) is 17.8. The lowest BCUT2D eigenvalue weighted by molar-refractivity contribution is -0.118. The predicted octanol–water partition coefficient (Wildman–Crippen LogP) is 2.82. The molecule has 0 aliphatic heterocycles. The number of primary amides is 1. The first-order valence-electron chi connectivity index (χ1n) is 8.58. The summed E-state index contributed by atoms with van der Waals surface area (Å²) in [6.45, 7) is 5.27. The van der Waals surface area contributed by atoms with Crippen molar-refractivity contribution < 1.29 is 9.53 Å². The molecule has 25 heavy (non-hydrogen) atoms. The summed E-state index contributed by atoms with van der Waals surface area (Å²) in [5.41, 5.74) is 7.69. The fourth-order valence-electron chi connectivity index (χ4n) is 2.79. The van der Waals surface area contributed by atoms with E-state index in [1.807, 2.05) is 16.7 Å². The highest BCUT2D eigenvalue weighted by Crippen LogP contribution is 2.40. The number of hydrogen-bond donors (Lipinski definition) is 1. The van der Waals surface area contributed by atoms with Gasteiger partial charge in [-0.2, -0.15) is 0 Å². The second-order valence-corrected chi connectivity index (χ2v) is 7.57. The van der Waals surface area contributed by atoms with E-state index in [1.165, 1.54) is 11.1 Å². The van der Waals surface area contributed by atoms with Gasteiger partial charge in [-0.25, -0.2) is 0 Å². The SMILES string of the molecule is Cc1cc(C)cc(OCCSc2nnc(C3CC3)n2CCC(N)=O)c1. The average Bonchev–Trinajstić information content (AvgIpc) is 3.30. The van der Waals surface area contributed by atoms with E-state index in [9.17, 15) is 4.79 Å². The summed E-state index contributed by atoms with van der Waals surface area (Å²) in [5, 5.41) is 9.45. The first kappa shape index (κ1) is 17.8. The van der Waals surface area contributed by atoms with Crippen molar-refractivity contribution in [1.82, 2.24) is 14.8 Å². The van der Waals surface area contributed by atoms with Gasteiger partial charge >= 0.3 is 0 Å². The van der Waals surface area contributed by atoms with Gasteiger partial charge in [-0.1, -0.05) is 17.8 Å². The summed E-state index contributed by atoms with van der Waals surface area (Å²) in [7, 11) is 0. The maximum absolute atomic E-state index is 11.1. The molecule has 1 aromatic carbocycles. The van der Waals surface area contributed by atoms with Gasteiger partial charge < -0.3 is 15.0 Å². The number of hydrogen-bond acceptors (Lipinski definition) is 5. The summed E-state index contributed by atoms with van der Waals surface area (Å²) in [4.78, 5) is 11.1. The molecule has 1 aliphatic rings.